The molecule has 0 bridgehead atoms. The van der Waals surface area contributed by atoms with Gasteiger partial charge in [0.05, 0.1) is 12.2 Å². The molecule has 0 spiro atoms. The molecule has 0 saturated carbocycles. The number of nitrogens with one attached hydrogen (secondary N) is 1. The van der Waals surface area contributed by atoms with E-state index in [0.29, 0.717) is 13.1 Å². The number of halogens is 3. The van der Waals surface area contributed by atoms with Gasteiger partial charge in [0, 0.05) is 13.1 Å². The lowest BCUT2D eigenvalue weighted by Crippen LogP contribution is -2.13. The topological polar surface area (TPSA) is 21.3 Å². The summed E-state index contributed by atoms with van der Waals surface area (Å²) in [6.45, 7) is 4.21. The maximum atomic E-state index is 12.7. The number of hydrogen-bond acceptors (Lipinski definition) is 2. The van der Waals surface area contributed by atoms with Crippen LogP contribution in [-0.4, -0.2) is 6.61 Å². The average molecular weight is 484 g/mol. The fraction of sp³-hybridized carbons (Fsp3) is 0.400. The average Bonchev–Trinajstić information content (AvgIpc) is 2.86. The SMILES string of the molecule is CCCCCCCOc1ccc(CCc2ccc(CNCc3ccc(C(F)(F)F)cc3)cc2)cc1. The predicted molar refractivity (Wildman–Crippen MR) is 137 cm³/mol. The Balaban J connectivity index is 1.35. The van der Waals surface area contributed by atoms with Crippen LogP contribution in [0.1, 0.15) is 66.8 Å². The fourth-order valence-corrected chi connectivity index (χ4v) is 3.92. The van der Waals surface area contributed by atoms with E-state index in [1.807, 2.05) is 0 Å². The van der Waals surface area contributed by atoms with Gasteiger partial charge in [-0.3, -0.25) is 0 Å². The first-order chi connectivity index (χ1) is 16.9. The van der Waals surface area contributed by atoms with Gasteiger partial charge in [-0.05, 0) is 65.8 Å². The van der Waals surface area contributed by atoms with Gasteiger partial charge in [-0.1, -0.05) is 81.1 Å². The van der Waals surface area contributed by atoms with E-state index in [1.165, 1.54) is 48.9 Å². The van der Waals surface area contributed by atoms with Gasteiger partial charge in [-0.25, -0.2) is 0 Å². The lowest BCUT2D eigenvalue weighted by atomic mass is 10.0. The monoisotopic (exact) mass is 483 g/mol. The lowest BCUT2D eigenvalue weighted by Gasteiger charge is -2.09. The Morgan fingerprint density at radius 3 is 1.66 bits per heavy atom. The van der Waals surface area contributed by atoms with Gasteiger partial charge in [-0.2, -0.15) is 13.2 Å². The first-order valence-electron chi connectivity index (χ1n) is 12.6. The molecule has 2 nitrogen and oxygen atoms in total. The molecule has 0 aliphatic carbocycles. The van der Waals surface area contributed by atoms with Crippen LogP contribution in [0.4, 0.5) is 13.2 Å². The molecule has 3 aromatic rings. The molecule has 3 aromatic carbocycles. The number of ether oxygens (including phenoxy) is 1. The zero-order valence-corrected chi connectivity index (χ0v) is 20.5. The fourth-order valence-electron chi connectivity index (χ4n) is 3.92. The van der Waals surface area contributed by atoms with Gasteiger partial charge in [0.1, 0.15) is 5.75 Å². The summed E-state index contributed by atoms with van der Waals surface area (Å²) in [4.78, 5) is 0. The van der Waals surface area contributed by atoms with Crippen molar-refractivity contribution in [2.45, 2.75) is 71.1 Å². The van der Waals surface area contributed by atoms with Crippen molar-refractivity contribution < 1.29 is 17.9 Å². The van der Waals surface area contributed by atoms with Gasteiger partial charge in [0.15, 0.2) is 0 Å². The molecule has 0 aromatic heterocycles. The summed E-state index contributed by atoms with van der Waals surface area (Å²) >= 11 is 0. The summed E-state index contributed by atoms with van der Waals surface area (Å²) in [5.74, 6) is 0.942. The highest BCUT2D eigenvalue weighted by Crippen LogP contribution is 2.29. The molecule has 0 aliphatic heterocycles. The minimum absolute atomic E-state index is 0.526. The molecule has 0 heterocycles. The maximum absolute atomic E-state index is 12.7. The molecule has 1 N–H and O–H groups in total. The van der Waals surface area contributed by atoms with Gasteiger partial charge < -0.3 is 10.1 Å². The normalized spacial score (nSPS) is 11.5. The number of hydrogen-bond donors (Lipinski definition) is 1. The standard InChI is InChI=1S/C30H36F3NO/c1-2-3-4-5-6-21-35-29-19-15-25(16-20-29)8-7-24-9-11-26(12-10-24)22-34-23-27-13-17-28(18-14-27)30(31,32)33/h9-20,34H,2-8,21-23H2,1H3. The minimum atomic E-state index is -4.29. The van der Waals surface area contributed by atoms with E-state index in [9.17, 15) is 13.2 Å². The molecule has 188 valence electrons. The van der Waals surface area contributed by atoms with Gasteiger partial charge in [0.2, 0.25) is 0 Å². The Hall–Kier alpha value is -2.79. The quantitative estimate of drug-likeness (QED) is 0.234. The van der Waals surface area contributed by atoms with E-state index in [0.717, 1.165) is 54.9 Å². The predicted octanol–water partition coefficient (Wildman–Crippen LogP) is 8.13. The Labute approximate surface area is 207 Å². The van der Waals surface area contributed by atoms with Crippen LogP contribution < -0.4 is 10.1 Å². The smallest absolute Gasteiger partial charge is 0.416 e. The van der Waals surface area contributed by atoms with Gasteiger partial charge in [0.25, 0.3) is 0 Å². The highest BCUT2D eigenvalue weighted by Gasteiger charge is 2.29. The van der Waals surface area contributed by atoms with Crippen molar-refractivity contribution >= 4 is 0 Å². The van der Waals surface area contributed by atoms with E-state index in [2.05, 4.69) is 60.8 Å². The van der Waals surface area contributed by atoms with Crippen LogP contribution >= 0.6 is 0 Å². The summed E-state index contributed by atoms with van der Waals surface area (Å²) in [6.07, 6.45) is 3.86. The molecule has 3 rings (SSSR count). The minimum Gasteiger partial charge on any atom is -0.494 e. The molecule has 0 saturated heterocycles. The largest absolute Gasteiger partial charge is 0.494 e. The summed E-state index contributed by atoms with van der Waals surface area (Å²) in [7, 11) is 0. The number of benzene rings is 3. The first-order valence-corrected chi connectivity index (χ1v) is 12.6. The van der Waals surface area contributed by atoms with Crippen molar-refractivity contribution in [3.05, 3.63) is 101 Å². The molecule has 5 heteroatoms. The zero-order chi connectivity index (χ0) is 24.9. The van der Waals surface area contributed by atoms with Crippen LogP contribution in [0.2, 0.25) is 0 Å². The van der Waals surface area contributed by atoms with E-state index >= 15 is 0 Å². The van der Waals surface area contributed by atoms with Crippen LogP contribution in [0.15, 0.2) is 72.8 Å². The van der Waals surface area contributed by atoms with Crippen LogP contribution in [0.3, 0.4) is 0 Å². The molecule has 0 amide bonds. The summed E-state index contributed by atoms with van der Waals surface area (Å²) < 4.78 is 43.8. The van der Waals surface area contributed by atoms with E-state index in [4.69, 9.17) is 4.74 Å². The number of rotatable bonds is 14. The third kappa shape index (κ3) is 9.77. The molecule has 0 aliphatic rings. The second kappa shape index (κ2) is 13.9. The molecular weight excluding hydrogens is 447 g/mol. The van der Waals surface area contributed by atoms with Crippen LogP contribution in [0, 0.1) is 0 Å². The van der Waals surface area contributed by atoms with Gasteiger partial charge >= 0.3 is 6.18 Å². The molecular formula is C30H36F3NO. The highest BCUT2D eigenvalue weighted by molar-refractivity contribution is 5.29. The molecule has 35 heavy (non-hydrogen) atoms. The van der Waals surface area contributed by atoms with Crippen molar-refractivity contribution in [2.24, 2.45) is 0 Å². The van der Waals surface area contributed by atoms with E-state index in [1.54, 1.807) is 0 Å². The van der Waals surface area contributed by atoms with Crippen LogP contribution in [0.25, 0.3) is 0 Å². The number of aryl methyl sites for hydroxylation is 2. The Morgan fingerprint density at radius 2 is 1.11 bits per heavy atom. The number of alkyl halides is 3. The van der Waals surface area contributed by atoms with Crippen LogP contribution in [0.5, 0.6) is 5.75 Å². The second-order valence-corrected chi connectivity index (χ2v) is 9.02. The Morgan fingerprint density at radius 1 is 0.629 bits per heavy atom. The summed E-state index contributed by atoms with van der Waals surface area (Å²) in [5, 5.41) is 3.29. The molecule has 0 radical (unpaired) electrons. The summed E-state index contributed by atoms with van der Waals surface area (Å²) in [5.41, 5.74) is 3.94. The molecule has 0 fully saturated rings. The van der Waals surface area contributed by atoms with Crippen molar-refractivity contribution in [3.63, 3.8) is 0 Å². The highest BCUT2D eigenvalue weighted by atomic mass is 19.4. The first kappa shape index (κ1) is 26.8. The summed E-state index contributed by atoms with van der Waals surface area (Å²) in [6, 6.07) is 22.2. The lowest BCUT2D eigenvalue weighted by molar-refractivity contribution is -0.137. The van der Waals surface area contributed by atoms with Crippen LogP contribution in [-0.2, 0) is 32.1 Å². The Kier molecular flexibility index (Phi) is 10.7. The zero-order valence-electron chi connectivity index (χ0n) is 20.5. The Bertz CT molecular complexity index is 980. The van der Waals surface area contributed by atoms with E-state index in [-0.39, 0.29) is 0 Å². The van der Waals surface area contributed by atoms with Crippen molar-refractivity contribution in [1.82, 2.24) is 5.32 Å². The molecule has 0 atom stereocenters. The molecule has 0 unspecified atom stereocenters. The van der Waals surface area contributed by atoms with Crippen molar-refractivity contribution in [3.8, 4) is 5.75 Å². The number of unbranched alkanes of at least 4 members (excludes halogenated alkanes) is 4. The van der Waals surface area contributed by atoms with Crippen molar-refractivity contribution in [1.29, 1.82) is 0 Å². The maximum Gasteiger partial charge on any atom is 0.416 e. The van der Waals surface area contributed by atoms with E-state index < -0.39 is 11.7 Å². The van der Waals surface area contributed by atoms with Crippen molar-refractivity contribution in [2.75, 3.05) is 6.61 Å². The van der Waals surface area contributed by atoms with Gasteiger partial charge in [-0.15, -0.1) is 0 Å². The second-order valence-electron chi connectivity index (χ2n) is 9.02. The third-order valence-corrected chi connectivity index (χ3v) is 6.10. The third-order valence-electron chi connectivity index (χ3n) is 6.10.